The average molecular weight is 615 g/mol. The Labute approximate surface area is 247 Å². The summed E-state index contributed by atoms with van der Waals surface area (Å²) < 4.78 is 47.0. The Morgan fingerprint density at radius 2 is 1.55 bits per heavy atom. The van der Waals surface area contributed by atoms with E-state index in [1.54, 1.807) is 18.2 Å². The number of urea groups is 1. The number of nitrogens with zero attached hydrogens (tertiary/aromatic N) is 1. The van der Waals surface area contributed by atoms with Gasteiger partial charge in [0.15, 0.2) is 23.0 Å². The molecule has 0 unspecified atom stereocenters. The van der Waals surface area contributed by atoms with Crippen molar-refractivity contribution in [3.63, 3.8) is 0 Å². The van der Waals surface area contributed by atoms with Crippen molar-refractivity contribution < 1.29 is 41.2 Å². The van der Waals surface area contributed by atoms with E-state index in [4.69, 9.17) is 30.0 Å². The number of barbiturate groups is 1. The second kappa shape index (κ2) is 13.0. The highest BCUT2D eigenvalue weighted by atomic mass is 35.5. The fraction of sp³-hybridized carbons (Fsp3) is 0.207. The summed E-state index contributed by atoms with van der Waals surface area (Å²) in [7, 11) is -1.42. The first-order valence-electron chi connectivity index (χ1n) is 12.6. The highest BCUT2D eigenvalue weighted by molar-refractivity contribution is 7.87. The molecule has 0 radical (unpaired) electrons. The molecule has 1 fully saturated rings. The number of methoxy groups -OCH3 is 2. The van der Waals surface area contributed by atoms with E-state index in [-0.39, 0.29) is 28.5 Å². The molecule has 220 valence electrons. The van der Waals surface area contributed by atoms with Crippen molar-refractivity contribution in [1.82, 2.24) is 10.2 Å². The van der Waals surface area contributed by atoms with Crippen molar-refractivity contribution in [2.24, 2.45) is 0 Å². The Kier molecular flexibility index (Phi) is 9.38. The number of halogens is 1. The van der Waals surface area contributed by atoms with Gasteiger partial charge in [-0.3, -0.25) is 19.8 Å². The predicted octanol–water partition coefficient (Wildman–Crippen LogP) is 4.58. The number of carbonyl (C=O) groups is 3. The molecule has 3 aromatic carbocycles. The van der Waals surface area contributed by atoms with Gasteiger partial charge in [-0.1, -0.05) is 30.7 Å². The highest BCUT2D eigenvalue weighted by Gasteiger charge is 2.36. The fourth-order valence-corrected chi connectivity index (χ4v) is 5.00. The van der Waals surface area contributed by atoms with Crippen LogP contribution in [-0.4, -0.2) is 52.0 Å². The molecule has 0 atom stereocenters. The molecule has 1 aliphatic heterocycles. The first-order chi connectivity index (χ1) is 20.1. The molecule has 1 saturated heterocycles. The third-order valence-corrected chi connectivity index (χ3v) is 7.52. The van der Waals surface area contributed by atoms with Crippen LogP contribution in [0.4, 0.5) is 4.79 Å². The standard InChI is InChI=1S/C29H27ClN2O9S/c1-4-13-40-23-11-6-19(16-25(23)38-2)17-32-28(34)22(27(33)31-29(32)35)14-18-5-12-24(26(15-18)39-3)41-42(36,37)21-9-7-20(30)8-10-21/h5-12,14-16H,4,13,17H2,1-3H3,(H,31,33,35)/b22-14+. The van der Waals surface area contributed by atoms with E-state index in [1.807, 2.05) is 6.92 Å². The summed E-state index contributed by atoms with van der Waals surface area (Å²) >= 11 is 5.83. The number of amides is 4. The first-order valence-corrected chi connectivity index (χ1v) is 14.4. The first kappa shape index (κ1) is 30.4. The number of hydrogen-bond acceptors (Lipinski definition) is 9. The third-order valence-electron chi connectivity index (χ3n) is 6.02. The molecule has 0 aliphatic carbocycles. The molecule has 0 saturated carbocycles. The number of nitrogens with one attached hydrogen (secondary N) is 1. The quantitative estimate of drug-likeness (QED) is 0.187. The lowest BCUT2D eigenvalue weighted by Crippen LogP contribution is -2.53. The summed E-state index contributed by atoms with van der Waals surface area (Å²) in [5, 5.41) is 2.53. The summed E-state index contributed by atoms with van der Waals surface area (Å²) in [6, 6.07) is 13.7. The molecule has 0 bridgehead atoms. The van der Waals surface area contributed by atoms with Gasteiger partial charge in [0.25, 0.3) is 11.8 Å². The molecule has 1 N–H and O–H groups in total. The number of imide groups is 2. The molecular weight excluding hydrogens is 588 g/mol. The number of benzene rings is 3. The maximum absolute atomic E-state index is 13.3. The molecule has 1 aliphatic rings. The van der Waals surface area contributed by atoms with Crippen LogP contribution in [0.25, 0.3) is 6.08 Å². The zero-order valence-electron chi connectivity index (χ0n) is 22.9. The smallest absolute Gasteiger partial charge is 0.339 e. The zero-order valence-corrected chi connectivity index (χ0v) is 24.5. The third kappa shape index (κ3) is 6.84. The monoisotopic (exact) mass is 614 g/mol. The van der Waals surface area contributed by atoms with Crippen LogP contribution in [0, 0.1) is 0 Å². The summed E-state index contributed by atoms with van der Waals surface area (Å²) in [6.45, 7) is 2.33. The molecule has 0 aromatic heterocycles. The Balaban J connectivity index is 1.57. The molecule has 11 nitrogen and oxygen atoms in total. The lowest BCUT2D eigenvalue weighted by molar-refractivity contribution is -0.130. The molecule has 4 rings (SSSR count). The number of hydrogen-bond donors (Lipinski definition) is 1. The van der Waals surface area contributed by atoms with E-state index in [0.717, 1.165) is 11.3 Å². The van der Waals surface area contributed by atoms with Crippen molar-refractivity contribution in [2.45, 2.75) is 24.8 Å². The Hall–Kier alpha value is -4.55. The van der Waals surface area contributed by atoms with E-state index < -0.39 is 28.0 Å². The second-order valence-electron chi connectivity index (χ2n) is 8.94. The van der Waals surface area contributed by atoms with Crippen molar-refractivity contribution in [3.05, 3.63) is 82.4 Å². The maximum Gasteiger partial charge on any atom is 0.339 e. The number of carbonyl (C=O) groups excluding carboxylic acids is 3. The Morgan fingerprint density at radius 3 is 2.21 bits per heavy atom. The highest BCUT2D eigenvalue weighted by Crippen LogP contribution is 2.33. The van der Waals surface area contributed by atoms with E-state index in [9.17, 15) is 22.8 Å². The zero-order chi connectivity index (χ0) is 30.4. The van der Waals surface area contributed by atoms with Gasteiger partial charge in [0.1, 0.15) is 10.5 Å². The minimum absolute atomic E-state index is 0.0240. The van der Waals surface area contributed by atoms with E-state index in [0.29, 0.717) is 34.3 Å². The number of rotatable bonds is 11. The Bertz CT molecular complexity index is 1650. The van der Waals surface area contributed by atoms with Gasteiger partial charge in [0.2, 0.25) is 0 Å². The molecule has 3 aromatic rings. The van der Waals surface area contributed by atoms with Gasteiger partial charge in [-0.15, -0.1) is 0 Å². The van der Waals surface area contributed by atoms with Gasteiger partial charge in [0, 0.05) is 5.02 Å². The number of ether oxygens (including phenoxy) is 3. The SMILES string of the molecule is CCCOc1ccc(CN2C(=O)NC(=O)/C(=C\c3ccc(OS(=O)(=O)c4ccc(Cl)cc4)c(OC)c3)C2=O)cc1OC. The summed E-state index contributed by atoms with van der Waals surface area (Å²) in [5.74, 6) is -0.840. The summed E-state index contributed by atoms with van der Waals surface area (Å²) in [5.41, 5.74) is 0.571. The fourth-order valence-electron chi connectivity index (χ4n) is 3.94. The van der Waals surface area contributed by atoms with Crippen LogP contribution >= 0.6 is 11.6 Å². The van der Waals surface area contributed by atoms with Gasteiger partial charge < -0.3 is 18.4 Å². The van der Waals surface area contributed by atoms with Crippen LogP contribution < -0.4 is 23.7 Å². The van der Waals surface area contributed by atoms with Crippen molar-refractivity contribution in [2.75, 3.05) is 20.8 Å². The Morgan fingerprint density at radius 1 is 0.881 bits per heavy atom. The van der Waals surface area contributed by atoms with E-state index in [2.05, 4.69) is 5.32 Å². The molecule has 42 heavy (non-hydrogen) atoms. The maximum atomic E-state index is 13.3. The second-order valence-corrected chi connectivity index (χ2v) is 10.9. The lowest BCUT2D eigenvalue weighted by Gasteiger charge is -2.26. The minimum Gasteiger partial charge on any atom is -0.493 e. The molecule has 13 heteroatoms. The molecular formula is C29H27ClN2O9S. The van der Waals surface area contributed by atoms with Gasteiger partial charge in [-0.05, 0) is 72.2 Å². The normalized spacial score (nSPS) is 14.5. The topological polar surface area (TPSA) is 138 Å². The van der Waals surface area contributed by atoms with Crippen LogP contribution in [0.1, 0.15) is 24.5 Å². The van der Waals surface area contributed by atoms with Crippen LogP contribution in [0.15, 0.2) is 71.1 Å². The summed E-state index contributed by atoms with van der Waals surface area (Å²) in [4.78, 5) is 39.3. The van der Waals surface area contributed by atoms with Gasteiger partial charge in [-0.2, -0.15) is 8.42 Å². The van der Waals surface area contributed by atoms with Crippen molar-refractivity contribution >= 4 is 45.6 Å². The average Bonchev–Trinajstić information content (AvgIpc) is 2.97. The summed E-state index contributed by atoms with van der Waals surface area (Å²) in [6.07, 6.45) is 2.07. The van der Waals surface area contributed by atoms with Gasteiger partial charge in [0.05, 0.1) is 27.4 Å². The van der Waals surface area contributed by atoms with Crippen LogP contribution in [0.3, 0.4) is 0 Å². The van der Waals surface area contributed by atoms with Gasteiger partial charge >= 0.3 is 16.1 Å². The van der Waals surface area contributed by atoms with Gasteiger partial charge in [-0.25, -0.2) is 4.79 Å². The lowest BCUT2D eigenvalue weighted by atomic mass is 10.1. The van der Waals surface area contributed by atoms with E-state index >= 15 is 0 Å². The van der Waals surface area contributed by atoms with E-state index in [1.165, 1.54) is 62.8 Å². The molecule has 4 amide bonds. The van der Waals surface area contributed by atoms with Crippen LogP contribution in [-0.2, 0) is 26.3 Å². The van der Waals surface area contributed by atoms with Crippen molar-refractivity contribution in [3.8, 4) is 23.0 Å². The largest absolute Gasteiger partial charge is 0.493 e. The predicted molar refractivity (Wildman–Crippen MR) is 153 cm³/mol. The molecule has 1 heterocycles. The van der Waals surface area contributed by atoms with Crippen LogP contribution in [0.2, 0.25) is 5.02 Å². The molecule has 0 spiro atoms. The van der Waals surface area contributed by atoms with Crippen LogP contribution in [0.5, 0.6) is 23.0 Å². The van der Waals surface area contributed by atoms with Crippen molar-refractivity contribution in [1.29, 1.82) is 0 Å². The minimum atomic E-state index is -4.21.